The van der Waals surface area contributed by atoms with Gasteiger partial charge in [0.2, 0.25) is 0 Å². The number of carbonyl (C=O) groups is 3. The van der Waals surface area contributed by atoms with Crippen molar-refractivity contribution in [2.24, 2.45) is 0 Å². The standard InChI is InChI=1S/C27H30BrClN2O5/c1-4-5-6-7-8-9-13-36-24-20(28)15-18(16-23(24)35-3)14-19-25(32)30-27(34)31(26(19)33)22-12-10-11-21(29)17(22)2/h10-12,14-16H,4-9,13H2,1-3H3,(H,30,32,34)/b19-14-. The zero-order valence-electron chi connectivity index (χ0n) is 20.7. The normalized spacial score (nSPS) is 14.9. The number of ether oxygens (including phenoxy) is 2. The molecule has 1 N–H and O–H groups in total. The van der Waals surface area contributed by atoms with Crippen molar-refractivity contribution >= 4 is 57.1 Å². The molecule has 7 nitrogen and oxygen atoms in total. The Morgan fingerprint density at radius 3 is 2.53 bits per heavy atom. The summed E-state index contributed by atoms with van der Waals surface area (Å²) in [5.41, 5.74) is 1.19. The van der Waals surface area contributed by atoms with E-state index in [9.17, 15) is 14.4 Å². The molecule has 0 saturated carbocycles. The van der Waals surface area contributed by atoms with Crippen LogP contribution in [0.15, 0.2) is 40.4 Å². The number of anilines is 1. The van der Waals surface area contributed by atoms with E-state index < -0.39 is 17.8 Å². The van der Waals surface area contributed by atoms with E-state index in [4.69, 9.17) is 21.1 Å². The van der Waals surface area contributed by atoms with Gasteiger partial charge < -0.3 is 9.47 Å². The molecule has 36 heavy (non-hydrogen) atoms. The highest BCUT2D eigenvalue weighted by Crippen LogP contribution is 2.38. The van der Waals surface area contributed by atoms with Crippen LogP contribution in [0.2, 0.25) is 5.02 Å². The average molecular weight is 578 g/mol. The van der Waals surface area contributed by atoms with Crippen LogP contribution in [0.3, 0.4) is 0 Å². The first-order valence-electron chi connectivity index (χ1n) is 11.9. The second kappa shape index (κ2) is 12.9. The van der Waals surface area contributed by atoms with Crippen molar-refractivity contribution < 1.29 is 23.9 Å². The lowest BCUT2D eigenvalue weighted by Gasteiger charge is -2.27. The van der Waals surface area contributed by atoms with Crippen LogP contribution in [0.1, 0.15) is 56.6 Å². The van der Waals surface area contributed by atoms with Crippen molar-refractivity contribution in [1.29, 1.82) is 0 Å². The van der Waals surface area contributed by atoms with Crippen molar-refractivity contribution in [3.05, 3.63) is 56.5 Å². The number of carbonyl (C=O) groups excluding carboxylic acids is 3. The van der Waals surface area contributed by atoms with Gasteiger partial charge in [0.1, 0.15) is 5.57 Å². The molecule has 0 radical (unpaired) electrons. The lowest BCUT2D eigenvalue weighted by Crippen LogP contribution is -2.54. The van der Waals surface area contributed by atoms with E-state index >= 15 is 0 Å². The second-order valence-electron chi connectivity index (χ2n) is 8.49. The molecule has 1 fully saturated rings. The number of urea groups is 1. The van der Waals surface area contributed by atoms with Crippen LogP contribution in [0.25, 0.3) is 6.08 Å². The van der Waals surface area contributed by atoms with Crippen LogP contribution in [0.5, 0.6) is 11.5 Å². The average Bonchev–Trinajstić information content (AvgIpc) is 2.84. The van der Waals surface area contributed by atoms with Crippen molar-refractivity contribution in [3.8, 4) is 11.5 Å². The topological polar surface area (TPSA) is 84.9 Å². The molecule has 0 atom stereocenters. The van der Waals surface area contributed by atoms with Crippen LogP contribution < -0.4 is 19.7 Å². The van der Waals surface area contributed by atoms with E-state index in [1.54, 1.807) is 37.3 Å². The first kappa shape index (κ1) is 27.7. The molecule has 2 aromatic rings. The highest BCUT2D eigenvalue weighted by atomic mass is 79.9. The molecule has 0 unspecified atom stereocenters. The summed E-state index contributed by atoms with van der Waals surface area (Å²) in [6.45, 7) is 4.45. The predicted octanol–water partition coefficient (Wildman–Crippen LogP) is 6.83. The number of rotatable bonds is 11. The predicted molar refractivity (Wildman–Crippen MR) is 145 cm³/mol. The lowest BCUT2D eigenvalue weighted by molar-refractivity contribution is -0.122. The third-order valence-corrected chi connectivity index (χ3v) is 6.89. The van der Waals surface area contributed by atoms with Gasteiger partial charge in [0, 0.05) is 5.02 Å². The monoisotopic (exact) mass is 576 g/mol. The van der Waals surface area contributed by atoms with Crippen LogP contribution >= 0.6 is 27.5 Å². The number of hydrogen-bond acceptors (Lipinski definition) is 5. The number of amides is 4. The Balaban J connectivity index is 1.82. The molecule has 0 bridgehead atoms. The maximum atomic E-state index is 13.3. The molecule has 0 aliphatic carbocycles. The second-order valence-corrected chi connectivity index (χ2v) is 9.75. The zero-order valence-corrected chi connectivity index (χ0v) is 23.0. The molecular formula is C27H30BrClN2O5. The van der Waals surface area contributed by atoms with Gasteiger partial charge in [-0.25, -0.2) is 9.69 Å². The van der Waals surface area contributed by atoms with Gasteiger partial charge in [0.25, 0.3) is 11.8 Å². The Hall–Kier alpha value is -2.84. The Bertz CT molecular complexity index is 1180. The fourth-order valence-electron chi connectivity index (χ4n) is 3.90. The molecule has 4 amide bonds. The smallest absolute Gasteiger partial charge is 0.335 e. The number of barbiturate groups is 1. The molecule has 192 valence electrons. The third kappa shape index (κ3) is 6.48. The van der Waals surface area contributed by atoms with Crippen LogP contribution in [-0.2, 0) is 9.59 Å². The summed E-state index contributed by atoms with van der Waals surface area (Å²) in [6.07, 6.45) is 8.34. The van der Waals surface area contributed by atoms with Gasteiger partial charge in [-0.15, -0.1) is 0 Å². The van der Waals surface area contributed by atoms with Crippen LogP contribution in [0, 0.1) is 6.92 Å². The molecule has 0 aromatic heterocycles. The lowest BCUT2D eigenvalue weighted by atomic mass is 10.1. The highest BCUT2D eigenvalue weighted by molar-refractivity contribution is 9.10. The van der Waals surface area contributed by atoms with Gasteiger partial charge in [-0.1, -0.05) is 56.7 Å². The summed E-state index contributed by atoms with van der Waals surface area (Å²) in [5, 5.41) is 2.63. The largest absolute Gasteiger partial charge is 0.493 e. The molecule has 0 spiro atoms. The number of nitrogens with one attached hydrogen (secondary N) is 1. The maximum absolute atomic E-state index is 13.3. The minimum absolute atomic E-state index is 0.191. The molecule has 1 aliphatic heterocycles. The molecule has 3 rings (SSSR count). The first-order chi connectivity index (χ1) is 17.3. The fraction of sp³-hybridized carbons (Fsp3) is 0.370. The molecule has 1 aliphatic rings. The summed E-state index contributed by atoms with van der Waals surface area (Å²) >= 11 is 9.69. The van der Waals surface area contributed by atoms with E-state index in [1.807, 2.05) is 0 Å². The van der Waals surface area contributed by atoms with E-state index in [0.717, 1.165) is 17.7 Å². The van der Waals surface area contributed by atoms with E-state index in [2.05, 4.69) is 28.2 Å². The first-order valence-corrected chi connectivity index (χ1v) is 13.1. The van der Waals surface area contributed by atoms with Crippen molar-refractivity contribution in [2.45, 2.75) is 52.4 Å². The summed E-state index contributed by atoms with van der Waals surface area (Å²) in [7, 11) is 1.52. The number of nitrogens with zero attached hydrogens (tertiary/aromatic N) is 1. The van der Waals surface area contributed by atoms with E-state index in [-0.39, 0.29) is 5.57 Å². The van der Waals surface area contributed by atoms with Gasteiger partial charge in [0.05, 0.1) is 23.9 Å². The number of imide groups is 2. The minimum Gasteiger partial charge on any atom is -0.493 e. The van der Waals surface area contributed by atoms with Gasteiger partial charge >= 0.3 is 6.03 Å². The summed E-state index contributed by atoms with van der Waals surface area (Å²) < 4.78 is 12.1. The quantitative estimate of drug-likeness (QED) is 0.180. The highest BCUT2D eigenvalue weighted by Gasteiger charge is 2.37. The van der Waals surface area contributed by atoms with E-state index in [0.29, 0.717) is 44.4 Å². The van der Waals surface area contributed by atoms with Crippen LogP contribution in [-0.4, -0.2) is 31.6 Å². The van der Waals surface area contributed by atoms with Gasteiger partial charge in [-0.2, -0.15) is 0 Å². The third-order valence-electron chi connectivity index (χ3n) is 5.89. The maximum Gasteiger partial charge on any atom is 0.335 e. The van der Waals surface area contributed by atoms with Crippen molar-refractivity contribution in [1.82, 2.24) is 5.32 Å². The number of unbranched alkanes of at least 4 members (excludes halogenated alkanes) is 5. The fourth-order valence-corrected chi connectivity index (χ4v) is 4.64. The van der Waals surface area contributed by atoms with Crippen LogP contribution in [0.4, 0.5) is 10.5 Å². The summed E-state index contributed by atoms with van der Waals surface area (Å²) in [5.74, 6) is -0.504. The Morgan fingerprint density at radius 1 is 1.08 bits per heavy atom. The molecule has 2 aromatic carbocycles. The Kier molecular flexibility index (Phi) is 9.96. The molecule has 1 heterocycles. The number of benzene rings is 2. The number of hydrogen-bond donors (Lipinski definition) is 1. The minimum atomic E-state index is -0.829. The SMILES string of the molecule is CCCCCCCCOc1c(Br)cc(/C=C2/C(=O)NC(=O)N(c3cccc(Cl)c3C)C2=O)cc1OC. The summed E-state index contributed by atoms with van der Waals surface area (Å²) in [6, 6.07) is 7.48. The van der Waals surface area contributed by atoms with Crippen molar-refractivity contribution in [3.63, 3.8) is 0 Å². The number of methoxy groups -OCH3 is 1. The zero-order chi connectivity index (χ0) is 26.2. The van der Waals surface area contributed by atoms with Crippen molar-refractivity contribution in [2.75, 3.05) is 18.6 Å². The summed E-state index contributed by atoms with van der Waals surface area (Å²) in [4.78, 5) is 39.3. The van der Waals surface area contributed by atoms with Gasteiger partial charge in [-0.05, 0) is 70.7 Å². The Labute approximate surface area is 224 Å². The molecular weight excluding hydrogens is 548 g/mol. The number of halogens is 2. The molecule has 1 saturated heterocycles. The van der Waals surface area contributed by atoms with Gasteiger partial charge in [0.15, 0.2) is 11.5 Å². The van der Waals surface area contributed by atoms with E-state index in [1.165, 1.54) is 38.9 Å². The molecule has 9 heteroatoms. The Morgan fingerprint density at radius 2 is 1.81 bits per heavy atom. The van der Waals surface area contributed by atoms with Gasteiger partial charge in [-0.3, -0.25) is 14.9 Å².